The van der Waals surface area contributed by atoms with Crippen LogP contribution in [0.25, 0.3) is 10.4 Å². The molecule has 1 aliphatic rings. The smallest absolute Gasteiger partial charge is 0.404 e. The minimum atomic E-state index is -0.713. The van der Waals surface area contributed by atoms with Crippen LogP contribution in [-0.4, -0.2) is 22.7 Å². The lowest BCUT2D eigenvalue weighted by molar-refractivity contribution is 0.125. The lowest BCUT2D eigenvalue weighted by Crippen LogP contribution is -2.29. The molecule has 1 saturated carbocycles. The Kier molecular flexibility index (Phi) is 10.3. The lowest BCUT2D eigenvalue weighted by Gasteiger charge is -2.20. The molecule has 3 rings (SSSR count). The quantitative estimate of drug-likeness (QED) is 0.393. The van der Waals surface area contributed by atoms with Gasteiger partial charge in [-0.1, -0.05) is 41.3 Å². The van der Waals surface area contributed by atoms with Crippen molar-refractivity contribution in [3.63, 3.8) is 0 Å². The Labute approximate surface area is 203 Å². The minimum absolute atomic E-state index is 0.0746. The van der Waals surface area contributed by atoms with Crippen LogP contribution in [0.3, 0.4) is 0 Å². The fourth-order valence-corrected chi connectivity index (χ4v) is 5.77. The van der Waals surface area contributed by atoms with Crippen LogP contribution < -0.4 is 10.5 Å². The summed E-state index contributed by atoms with van der Waals surface area (Å²) in [6.07, 6.45) is 7.97. The number of aromatic nitrogens is 1. The van der Waals surface area contributed by atoms with Crippen molar-refractivity contribution in [2.24, 2.45) is 5.73 Å². The largest absolute Gasteiger partial charge is 0.447 e. The van der Waals surface area contributed by atoms with E-state index in [1.54, 1.807) is 25.8 Å². The van der Waals surface area contributed by atoms with Crippen molar-refractivity contribution in [2.75, 3.05) is 0 Å². The summed E-state index contributed by atoms with van der Waals surface area (Å²) in [6.45, 7) is 10.0. The van der Waals surface area contributed by atoms with Gasteiger partial charge in [-0.15, -0.1) is 11.3 Å². The van der Waals surface area contributed by atoms with Gasteiger partial charge in [0.25, 0.3) is 0 Å². The molecule has 1 aliphatic carbocycles. The number of ether oxygens (including phenoxy) is 1. The highest BCUT2D eigenvalue weighted by Gasteiger charge is 2.20. The van der Waals surface area contributed by atoms with E-state index in [-0.39, 0.29) is 11.6 Å². The Morgan fingerprint density at radius 2 is 1.97 bits per heavy atom. The second-order valence-corrected chi connectivity index (χ2v) is 11.8. The van der Waals surface area contributed by atoms with Gasteiger partial charge in [0.1, 0.15) is 0 Å². The number of nitrogens with one attached hydrogen (secondary N) is 1. The first-order valence-electron chi connectivity index (χ1n) is 10.7. The molecular formula is C23H34BrN3O2S2. The molecule has 0 saturated heterocycles. The van der Waals surface area contributed by atoms with Crippen LogP contribution in [0.15, 0.2) is 33.8 Å². The van der Waals surface area contributed by atoms with Gasteiger partial charge in [0.15, 0.2) is 0 Å². The SMILES string of the molecule is CC(C)(C)NSc1cc(Br)ccc1-c1cnc(C2CCCCC2)s1.CC(C)OC(N)=O. The normalized spacial score (nSPS) is 14.8. The summed E-state index contributed by atoms with van der Waals surface area (Å²) in [5, 5.41) is 1.33. The molecule has 1 aromatic heterocycles. The number of nitrogens with zero attached hydrogens (tertiary/aromatic N) is 1. The minimum Gasteiger partial charge on any atom is -0.447 e. The maximum absolute atomic E-state index is 9.81. The van der Waals surface area contributed by atoms with Crippen LogP contribution in [-0.2, 0) is 4.74 Å². The standard InChI is InChI=1S/C19H25BrN2S2.C4H9NO2/c1-19(2,3)22-24-16-11-14(20)9-10-15(16)17-12-21-18(23-17)13-7-5-4-6-8-13;1-3(2)7-4(5)6/h9-13,22H,4-8H2,1-3H3;3H,1-2H3,(H2,5,6). The maximum Gasteiger partial charge on any atom is 0.404 e. The first kappa shape index (κ1) is 26.2. The molecule has 8 heteroatoms. The number of carbonyl (C=O) groups is 1. The summed E-state index contributed by atoms with van der Waals surface area (Å²) in [5.74, 6) is 0.678. The van der Waals surface area contributed by atoms with Crippen molar-refractivity contribution in [2.45, 2.75) is 89.2 Å². The van der Waals surface area contributed by atoms with Crippen LogP contribution in [0.5, 0.6) is 0 Å². The second-order valence-electron chi connectivity index (χ2n) is 8.98. The number of thiazole rings is 1. The number of rotatable bonds is 5. The van der Waals surface area contributed by atoms with E-state index in [0.717, 1.165) is 4.47 Å². The van der Waals surface area contributed by atoms with Crippen molar-refractivity contribution in [1.82, 2.24) is 9.71 Å². The third-order valence-corrected chi connectivity index (χ3v) is 7.46. The van der Waals surface area contributed by atoms with E-state index in [1.807, 2.05) is 11.3 Å². The average molecular weight is 529 g/mol. The van der Waals surface area contributed by atoms with Crippen molar-refractivity contribution >= 4 is 45.3 Å². The van der Waals surface area contributed by atoms with Crippen LogP contribution in [0.4, 0.5) is 4.79 Å². The van der Waals surface area contributed by atoms with E-state index in [2.05, 4.69) is 76.3 Å². The number of hydrogen-bond acceptors (Lipinski definition) is 6. The van der Waals surface area contributed by atoms with Gasteiger partial charge < -0.3 is 10.5 Å². The lowest BCUT2D eigenvalue weighted by atomic mass is 9.90. The Morgan fingerprint density at radius 1 is 1.29 bits per heavy atom. The van der Waals surface area contributed by atoms with E-state index >= 15 is 0 Å². The summed E-state index contributed by atoms with van der Waals surface area (Å²) in [4.78, 5) is 17.1. The van der Waals surface area contributed by atoms with E-state index in [4.69, 9.17) is 4.98 Å². The third kappa shape index (κ3) is 9.51. The van der Waals surface area contributed by atoms with Gasteiger partial charge in [-0.2, -0.15) is 0 Å². The van der Waals surface area contributed by atoms with E-state index in [9.17, 15) is 4.79 Å². The monoisotopic (exact) mass is 527 g/mol. The molecule has 1 amide bonds. The zero-order valence-electron chi connectivity index (χ0n) is 19.0. The Morgan fingerprint density at radius 3 is 2.52 bits per heavy atom. The van der Waals surface area contributed by atoms with Crippen molar-refractivity contribution in [3.8, 4) is 10.4 Å². The number of nitrogens with two attached hydrogens (primary N) is 1. The predicted molar refractivity (Wildman–Crippen MR) is 136 cm³/mol. The van der Waals surface area contributed by atoms with E-state index < -0.39 is 6.09 Å². The molecule has 0 atom stereocenters. The van der Waals surface area contributed by atoms with Gasteiger partial charge in [0, 0.05) is 32.6 Å². The molecule has 5 nitrogen and oxygen atoms in total. The number of primary amides is 1. The van der Waals surface area contributed by atoms with Gasteiger partial charge in [-0.25, -0.2) is 9.78 Å². The molecule has 0 aliphatic heterocycles. The van der Waals surface area contributed by atoms with Gasteiger partial charge in [0.05, 0.1) is 16.0 Å². The van der Waals surface area contributed by atoms with Crippen molar-refractivity contribution < 1.29 is 9.53 Å². The molecule has 1 heterocycles. The van der Waals surface area contributed by atoms with E-state index in [0.29, 0.717) is 5.92 Å². The van der Waals surface area contributed by atoms with Crippen LogP contribution in [0, 0.1) is 0 Å². The third-order valence-electron chi connectivity index (χ3n) is 4.51. The Hall–Kier alpha value is -1.09. The van der Waals surface area contributed by atoms with E-state index in [1.165, 1.54) is 52.4 Å². The second kappa shape index (κ2) is 12.2. The number of halogens is 1. The van der Waals surface area contributed by atoms with Crippen molar-refractivity contribution in [3.05, 3.63) is 33.9 Å². The van der Waals surface area contributed by atoms with Crippen molar-refractivity contribution in [1.29, 1.82) is 0 Å². The van der Waals surface area contributed by atoms with Crippen LogP contribution >= 0.6 is 39.2 Å². The summed E-state index contributed by atoms with van der Waals surface area (Å²) in [7, 11) is 0. The molecule has 172 valence electrons. The highest BCUT2D eigenvalue weighted by Crippen LogP contribution is 2.40. The van der Waals surface area contributed by atoms with Crippen LogP contribution in [0.2, 0.25) is 0 Å². The first-order chi connectivity index (χ1) is 14.5. The summed E-state index contributed by atoms with van der Waals surface area (Å²) in [5.41, 5.74) is 5.98. The van der Waals surface area contributed by atoms with Crippen LogP contribution in [0.1, 0.15) is 77.6 Å². The zero-order chi connectivity index (χ0) is 23.0. The summed E-state index contributed by atoms with van der Waals surface area (Å²) < 4.78 is 9.03. The topological polar surface area (TPSA) is 77.2 Å². The molecular weight excluding hydrogens is 494 g/mol. The summed E-state index contributed by atoms with van der Waals surface area (Å²) in [6, 6.07) is 6.52. The molecule has 0 radical (unpaired) electrons. The molecule has 1 aromatic carbocycles. The zero-order valence-corrected chi connectivity index (χ0v) is 22.3. The van der Waals surface area contributed by atoms with Gasteiger partial charge in [-0.05, 0) is 71.5 Å². The van der Waals surface area contributed by atoms with Gasteiger partial charge >= 0.3 is 6.09 Å². The molecule has 1 fully saturated rings. The Bertz CT molecular complexity index is 844. The van der Waals surface area contributed by atoms with Gasteiger partial charge in [0.2, 0.25) is 0 Å². The number of amides is 1. The Balaban J connectivity index is 0.000000423. The molecule has 0 spiro atoms. The summed E-state index contributed by atoms with van der Waals surface area (Å²) >= 11 is 7.19. The van der Waals surface area contributed by atoms with Gasteiger partial charge in [-0.3, -0.25) is 4.72 Å². The first-order valence-corrected chi connectivity index (χ1v) is 13.1. The fourth-order valence-electron chi connectivity index (χ4n) is 3.17. The molecule has 3 N–H and O–H groups in total. The number of hydrogen-bond donors (Lipinski definition) is 2. The maximum atomic E-state index is 9.81. The highest BCUT2D eigenvalue weighted by atomic mass is 79.9. The number of benzene rings is 1. The fraction of sp³-hybridized carbons (Fsp3) is 0.565. The number of carbonyl (C=O) groups excluding carboxylic acids is 1. The molecule has 0 unspecified atom stereocenters. The molecule has 31 heavy (non-hydrogen) atoms. The highest BCUT2D eigenvalue weighted by molar-refractivity contribution is 9.10. The molecule has 2 aromatic rings. The average Bonchev–Trinajstić information content (AvgIpc) is 3.16. The molecule has 0 bridgehead atoms. The predicted octanol–water partition coefficient (Wildman–Crippen LogP) is 7.51.